The Bertz CT molecular complexity index is 291. The van der Waals surface area contributed by atoms with Crippen LogP contribution in [0.5, 0.6) is 0 Å². The molecule has 3 unspecified atom stereocenters. The smallest absolute Gasteiger partial charge is 0.233 e. The van der Waals surface area contributed by atoms with Gasteiger partial charge in [-0.25, -0.2) is 0 Å². The van der Waals surface area contributed by atoms with Gasteiger partial charge in [-0.05, 0) is 19.8 Å². The number of rotatable bonds is 4. The molecule has 0 aromatic carbocycles. The van der Waals surface area contributed by atoms with Crippen molar-refractivity contribution in [2.45, 2.75) is 38.7 Å². The maximum atomic E-state index is 11.6. The fourth-order valence-corrected chi connectivity index (χ4v) is 2.36. The summed E-state index contributed by atoms with van der Waals surface area (Å²) in [5, 5.41) is 9.97. The van der Waals surface area contributed by atoms with Gasteiger partial charge in [-0.1, -0.05) is 13.3 Å². The Labute approximate surface area is 89.3 Å². The number of imide groups is 1. The van der Waals surface area contributed by atoms with E-state index in [0.29, 0.717) is 6.42 Å². The number of amides is 2. The van der Waals surface area contributed by atoms with Gasteiger partial charge in [0, 0.05) is 0 Å². The molecule has 1 N–H and O–H groups in total. The first-order valence-electron chi connectivity index (χ1n) is 5.54. The molecule has 1 saturated carbocycles. The van der Waals surface area contributed by atoms with E-state index in [2.05, 4.69) is 0 Å². The second-order valence-corrected chi connectivity index (χ2v) is 4.96. The van der Waals surface area contributed by atoms with Crippen molar-refractivity contribution in [3.63, 3.8) is 0 Å². The quantitative estimate of drug-likeness (QED) is 0.690. The summed E-state index contributed by atoms with van der Waals surface area (Å²) in [7, 11) is 0. The first kappa shape index (κ1) is 10.6. The van der Waals surface area contributed by atoms with E-state index >= 15 is 0 Å². The Hall–Kier alpha value is -0.900. The van der Waals surface area contributed by atoms with Gasteiger partial charge < -0.3 is 5.11 Å². The van der Waals surface area contributed by atoms with Crippen LogP contribution in [-0.4, -0.2) is 34.0 Å². The van der Waals surface area contributed by atoms with Crippen molar-refractivity contribution in [3.8, 4) is 0 Å². The van der Waals surface area contributed by atoms with Crippen LogP contribution in [0.1, 0.15) is 33.1 Å². The Morgan fingerprint density at radius 1 is 1.40 bits per heavy atom. The molecular formula is C11H17NO3. The molecule has 0 radical (unpaired) electrons. The van der Waals surface area contributed by atoms with Crippen molar-refractivity contribution in [3.05, 3.63) is 0 Å². The third-order valence-corrected chi connectivity index (χ3v) is 3.24. The molecule has 3 atom stereocenters. The normalized spacial score (nSPS) is 32.9. The van der Waals surface area contributed by atoms with E-state index in [0.717, 1.165) is 12.8 Å². The maximum Gasteiger partial charge on any atom is 0.233 e. The number of carbonyl (C=O) groups excluding carboxylic acids is 2. The molecule has 2 rings (SSSR count). The zero-order valence-electron chi connectivity index (χ0n) is 9.19. The van der Waals surface area contributed by atoms with Gasteiger partial charge in [0.15, 0.2) is 0 Å². The highest BCUT2D eigenvalue weighted by molar-refractivity contribution is 6.08. The number of β-amino-alcohol motifs (C(OH)–C–C–N with tert-alkyl or cyclic N) is 1. The van der Waals surface area contributed by atoms with Crippen molar-refractivity contribution in [2.24, 2.45) is 11.8 Å². The van der Waals surface area contributed by atoms with Crippen LogP contribution < -0.4 is 0 Å². The standard InChI is InChI=1S/C11H17NO3/c1-3-4-11(2,15)6-12-9(13)7-5-8(7)10(12)14/h7-8,15H,3-6H2,1-2H3. The van der Waals surface area contributed by atoms with E-state index in [9.17, 15) is 14.7 Å². The Morgan fingerprint density at radius 2 is 1.93 bits per heavy atom. The number of nitrogens with zero attached hydrogens (tertiary/aromatic N) is 1. The summed E-state index contributed by atoms with van der Waals surface area (Å²) in [5.74, 6) is -0.285. The predicted octanol–water partition coefficient (Wildman–Crippen LogP) is 0.542. The summed E-state index contributed by atoms with van der Waals surface area (Å²) in [6.07, 6.45) is 2.18. The second kappa shape index (κ2) is 3.30. The molecule has 1 aliphatic heterocycles. The molecule has 0 aromatic rings. The summed E-state index contributed by atoms with van der Waals surface area (Å²) in [6, 6.07) is 0. The van der Waals surface area contributed by atoms with E-state index in [1.54, 1.807) is 6.92 Å². The lowest BCUT2D eigenvalue weighted by molar-refractivity contribution is -0.145. The van der Waals surface area contributed by atoms with E-state index in [4.69, 9.17) is 0 Å². The predicted molar refractivity (Wildman–Crippen MR) is 53.8 cm³/mol. The summed E-state index contributed by atoms with van der Waals surface area (Å²) in [4.78, 5) is 24.5. The van der Waals surface area contributed by atoms with Gasteiger partial charge in [0.2, 0.25) is 11.8 Å². The van der Waals surface area contributed by atoms with E-state index in [1.807, 2.05) is 6.92 Å². The average molecular weight is 211 g/mol. The highest BCUT2D eigenvalue weighted by Gasteiger charge is 2.59. The fraction of sp³-hybridized carbons (Fsp3) is 0.818. The minimum Gasteiger partial charge on any atom is -0.388 e. The van der Waals surface area contributed by atoms with E-state index < -0.39 is 5.60 Å². The van der Waals surface area contributed by atoms with Crippen molar-refractivity contribution in [1.29, 1.82) is 0 Å². The summed E-state index contributed by atoms with van der Waals surface area (Å²) in [5.41, 5.74) is -0.934. The van der Waals surface area contributed by atoms with Crippen molar-refractivity contribution in [1.82, 2.24) is 4.90 Å². The number of aliphatic hydroxyl groups is 1. The third-order valence-electron chi connectivity index (χ3n) is 3.24. The number of hydrogen-bond acceptors (Lipinski definition) is 3. The minimum atomic E-state index is -0.934. The van der Waals surface area contributed by atoms with Crippen LogP contribution in [0.3, 0.4) is 0 Å². The third kappa shape index (κ3) is 1.78. The first-order chi connectivity index (χ1) is 6.96. The minimum absolute atomic E-state index is 0.0603. The molecular weight excluding hydrogens is 194 g/mol. The molecule has 2 aliphatic rings. The summed E-state index contributed by atoms with van der Waals surface area (Å²) < 4.78 is 0. The molecule has 4 heteroatoms. The second-order valence-electron chi connectivity index (χ2n) is 4.96. The lowest BCUT2D eigenvalue weighted by Gasteiger charge is -2.28. The zero-order chi connectivity index (χ0) is 11.2. The topological polar surface area (TPSA) is 57.6 Å². The van der Waals surface area contributed by atoms with Crippen LogP contribution >= 0.6 is 0 Å². The Kier molecular flexibility index (Phi) is 2.34. The van der Waals surface area contributed by atoms with Gasteiger partial charge >= 0.3 is 0 Å². The monoisotopic (exact) mass is 211 g/mol. The molecule has 1 aliphatic carbocycles. The maximum absolute atomic E-state index is 11.6. The average Bonchev–Trinajstić information content (AvgIpc) is 2.86. The van der Waals surface area contributed by atoms with Crippen LogP contribution in [0, 0.1) is 11.8 Å². The highest BCUT2D eigenvalue weighted by Crippen LogP contribution is 2.47. The SMILES string of the molecule is CCCC(C)(O)CN1C(=O)C2CC2C1=O. The van der Waals surface area contributed by atoms with Crippen LogP contribution in [0.25, 0.3) is 0 Å². The highest BCUT2D eigenvalue weighted by atomic mass is 16.3. The molecule has 0 spiro atoms. The largest absolute Gasteiger partial charge is 0.388 e. The molecule has 84 valence electrons. The van der Waals surface area contributed by atoms with E-state index in [1.165, 1.54) is 4.90 Å². The molecule has 0 bridgehead atoms. The molecule has 0 aromatic heterocycles. The Balaban J connectivity index is 2.00. The molecule has 15 heavy (non-hydrogen) atoms. The number of piperidine rings is 1. The molecule has 2 fully saturated rings. The van der Waals surface area contributed by atoms with Crippen molar-refractivity contribution in [2.75, 3.05) is 6.54 Å². The van der Waals surface area contributed by atoms with Crippen molar-refractivity contribution < 1.29 is 14.7 Å². The number of likely N-dealkylation sites (tertiary alicyclic amines) is 1. The number of carbonyl (C=O) groups is 2. The van der Waals surface area contributed by atoms with Gasteiger partial charge in [-0.15, -0.1) is 0 Å². The molecule has 1 heterocycles. The fourth-order valence-electron chi connectivity index (χ4n) is 2.36. The summed E-state index contributed by atoms with van der Waals surface area (Å²) in [6.45, 7) is 3.81. The van der Waals surface area contributed by atoms with Crippen LogP contribution in [0.15, 0.2) is 0 Å². The first-order valence-corrected chi connectivity index (χ1v) is 5.54. The van der Waals surface area contributed by atoms with Gasteiger partial charge in [0.1, 0.15) is 0 Å². The molecule has 1 saturated heterocycles. The van der Waals surface area contributed by atoms with Crippen molar-refractivity contribution >= 4 is 11.8 Å². The number of fused-ring (bicyclic) bond motifs is 1. The van der Waals surface area contributed by atoms with Crippen LogP contribution in [-0.2, 0) is 9.59 Å². The lowest BCUT2D eigenvalue weighted by atomic mass is 10.00. The molecule has 4 nitrogen and oxygen atoms in total. The van der Waals surface area contributed by atoms with Gasteiger partial charge in [0.25, 0.3) is 0 Å². The lowest BCUT2D eigenvalue weighted by Crippen LogP contribution is -2.45. The van der Waals surface area contributed by atoms with Crippen LogP contribution in [0.2, 0.25) is 0 Å². The number of hydrogen-bond donors (Lipinski definition) is 1. The Morgan fingerprint density at radius 3 is 2.40 bits per heavy atom. The van der Waals surface area contributed by atoms with Gasteiger partial charge in [-0.2, -0.15) is 0 Å². The van der Waals surface area contributed by atoms with E-state index in [-0.39, 0.29) is 30.2 Å². The zero-order valence-corrected chi connectivity index (χ0v) is 9.19. The van der Waals surface area contributed by atoms with Crippen LogP contribution in [0.4, 0.5) is 0 Å². The van der Waals surface area contributed by atoms with Gasteiger partial charge in [0.05, 0.1) is 24.0 Å². The molecule has 2 amide bonds. The van der Waals surface area contributed by atoms with Gasteiger partial charge in [-0.3, -0.25) is 14.5 Å². The summed E-state index contributed by atoms with van der Waals surface area (Å²) >= 11 is 0.